The number of thioether (sulfide) groups is 1. The van der Waals surface area contributed by atoms with Crippen LogP contribution in [0.4, 0.5) is 0 Å². The SMILES string of the molecule is Cc1csc(SCc2c(C(=O)N3CC[S@](=O)C[C@H](C)C3)oc3ccccc23)n1. The van der Waals surface area contributed by atoms with Crippen LogP contribution in [0.2, 0.25) is 0 Å². The predicted octanol–water partition coefficient (Wildman–Crippen LogP) is 4.33. The van der Waals surface area contributed by atoms with Gasteiger partial charge in [-0.1, -0.05) is 36.9 Å². The highest BCUT2D eigenvalue weighted by Crippen LogP contribution is 2.34. The lowest BCUT2D eigenvalue weighted by atomic mass is 10.1. The Morgan fingerprint density at radius 1 is 1.43 bits per heavy atom. The Bertz CT molecular complexity index is 1030. The molecule has 1 amide bonds. The van der Waals surface area contributed by atoms with Crippen molar-refractivity contribution in [2.24, 2.45) is 5.92 Å². The normalized spacial score (nSPS) is 20.4. The van der Waals surface area contributed by atoms with Crippen molar-refractivity contribution >= 4 is 50.8 Å². The Morgan fingerprint density at radius 3 is 3.04 bits per heavy atom. The van der Waals surface area contributed by atoms with E-state index in [0.717, 1.165) is 26.6 Å². The molecule has 0 radical (unpaired) electrons. The molecule has 0 aliphatic carbocycles. The molecule has 1 aliphatic rings. The minimum absolute atomic E-state index is 0.104. The van der Waals surface area contributed by atoms with E-state index in [4.69, 9.17) is 4.42 Å². The standard InChI is InChI=1S/C20H22N2O3S3/c1-13-9-22(7-8-28(24)12-13)19(23)18-16(11-27-20-21-14(2)10-26-20)15-5-3-4-6-17(15)25-18/h3-6,10,13H,7-9,11-12H2,1-2H3/t13-,28+/m1/s1. The summed E-state index contributed by atoms with van der Waals surface area (Å²) in [6.45, 7) is 5.14. The van der Waals surface area contributed by atoms with Crippen molar-refractivity contribution in [3.8, 4) is 0 Å². The van der Waals surface area contributed by atoms with Crippen molar-refractivity contribution in [2.45, 2.75) is 23.9 Å². The summed E-state index contributed by atoms with van der Waals surface area (Å²) in [6, 6.07) is 7.77. The van der Waals surface area contributed by atoms with Gasteiger partial charge in [0, 0.05) is 63.2 Å². The van der Waals surface area contributed by atoms with Crippen molar-refractivity contribution < 1.29 is 13.4 Å². The summed E-state index contributed by atoms with van der Waals surface area (Å²) in [6.07, 6.45) is 0. The third-order valence-electron chi connectivity index (χ3n) is 4.71. The number of hydrogen-bond donors (Lipinski definition) is 0. The molecular weight excluding hydrogens is 412 g/mol. The third kappa shape index (κ3) is 4.18. The fourth-order valence-corrected chi connectivity index (χ4v) is 6.62. The third-order valence-corrected chi connectivity index (χ3v) is 8.45. The number of carbonyl (C=O) groups excluding carboxylic acids is 1. The lowest BCUT2D eigenvalue weighted by molar-refractivity contribution is 0.0721. The van der Waals surface area contributed by atoms with E-state index in [1.54, 1.807) is 28.0 Å². The summed E-state index contributed by atoms with van der Waals surface area (Å²) in [7, 11) is -0.863. The highest BCUT2D eigenvalue weighted by molar-refractivity contribution is 8.00. The van der Waals surface area contributed by atoms with Crippen LogP contribution in [0.15, 0.2) is 38.4 Å². The number of thiazole rings is 1. The maximum atomic E-state index is 13.3. The summed E-state index contributed by atoms with van der Waals surface area (Å²) < 4.78 is 19.0. The predicted molar refractivity (Wildman–Crippen MR) is 116 cm³/mol. The summed E-state index contributed by atoms with van der Waals surface area (Å²) >= 11 is 3.24. The molecule has 0 bridgehead atoms. The van der Waals surface area contributed by atoms with Gasteiger partial charge in [-0.05, 0) is 18.9 Å². The molecular formula is C20H22N2O3S3. The Balaban J connectivity index is 1.65. The second-order valence-electron chi connectivity index (χ2n) is 7.12. The number of aromatic nitrogens is 1. The molecule has 1 fully saturated rings. The van der Waals surface area contributed by atoms with E-state index in [-0.39, 0.29) is 11.8 Å². The molecule has 0 spiro atoms. The van der Waals surface area contributed by atoms with E-state index in [9.17, 15) is 9.00 Å². The molecule has 148 valence electrons. The molecule has 3 aromatic rings. The maximum Gasteiger partial charge on any atom is 0.289 e. The van der Waals surface area contributed by atoms with Gasteiger partial charge in [-0.2, -0.15) is 0 Å². The highest BCUT2D eigenvalue weighted by Gasteiger charge is 2.28. The molecule has 3 heterocycles. The van der Waals surface area contributed by atoms with Gasteiger partial charge in [0.25, 0.3) is 5.91 Å². The first-order chi connectivity index (χ1) is 13.5. The molecule has 2 atom stereocenters. The molecule has 4 rings (SSSR count). The number of nitrogens with zero attached hydrogens (tertiary/aromatic N) is 2. The lowest BCUT2D eigenvalue weighted by Gasteiger charge is -2.21. The van der Waals surface area contributed by atoms with Gasteiger partial charge >= 0.3 is 0 Å². The van der Waals surface area contributed by atoms with Crippen LogP contribution >= 0.6 is 23.1 Å². The van der Waals surface area contributed by atoms with Crippen LogP contribution in [-0.4, -0.2) is 44.6 Å². The minimum atomic E-state index is -0.863. The van der Waals surface area contributed by atoms with E-state index in [0.29, 0.717) is 36.1 Å². The second kappa shape index (κ2) is 8.39. The monoisotopic (exact) mass is 434 g/mol. The smallest absolute Gasteiger partial charge is 0.289 e. The van der Waals surface area contributed by atoms with Crippen LogP contribution in [0.25, 0.3) is 11.0 Å². The molecule has 2 aromatic heterocycles. The van der Waals surface area contributed by atoms with Gasteiger partial charge in [0.2, 0.25) is 0 Å². The lowest BCUT2D eigenvalue weighted by Crippen LogP contribution is -2.35. The van der Waals surface area contributed by atoms with Crippen molar-refractivity contribution in [2.75, 3.05) is 24.6 Å². The largest absolute Gasteiger partial charge is 0.451 e. The van der Waals surface area contributed by atoms with Gasteiger partial charge in [-0.15, -0.1) is 11.3 Å². The van der Waals surface area contributed by atoms with Crippen LogP contribution in [0.1, 0.15) is 28.7 Å². The summed E-state index contributed by atoms with van der Waals surface area (Å²) in [4.78, 5) is 19.6. The second-order valence-corrected chi connectivity index (χ2v) is 10.8. The minimum Gasteiger partial charge on any atom is -0.451 e. The molecule has 1 saturated heterocycles. The van der Waals surface area contributed by atoms with Gasteiger partial charge in [0.05, 0.1) is 0 Å². The van der Waals surface area contributed by atoms with Crippen LogP contribution in [0, 0.1) is 12.8 Å². The first kappa shape index (κ1) is 19.7. The van der Waals surface area contributed by atoms with Gasteiger partial charge in [-0.3, -0.25) is 9.00 Å². The van der Waals surface area contributed by atoms with E-state index in [1.165, 1.54) is 0 Å². The van der Waals surface area contributed by atoms with Gasteiger partial charge < -0.3 is 9.32 Å². The zero-order chi connectivity index (χ0) is 19.7. The Kier molecular flexibility index (Phi) is 5.89. The first-order valence-corrected chi connectivity index (χ1v) is 12.6. The number of benzene rings is 1. The molecule has 8 heteroatoms. The van der Waals surface area contributed by atoms with Gasteiger partial charge in [-0.25, -0.2) is 4.98 Å². The molecule has 0 saturated carbocycles. The Labute approximate surface area is 175 Å². The van der Waals surface area contributed by atoms with Crippen LogP contribution in [0.3, 0.4) is 0 Å². The highest BCUT2D eigenvalue weighted by atomic mass is 32.2. The first-order valence-electron chi connectivity index (χ1n) is 9.21. The number of rotatable bonds is 4. The average molecular weight is 435 g/mol. The van der Waals surface area contributed by atoms with Crippen molar-refractivity contribution in [3.63, 3.8) is 0 Å². The quantitative estimate of drug-likeness (QED) is 0.572. The molecule has 5 nitrogen and oxygen atoms in total. The Morgan fingerprint density at radius 2 is 2.25 bits per heavy atom. The number of para-hydroxylation sites is 1. The molecule has 0 N–H and O–H groups in total. The van der Waals surface area contributed by atoms with Crippen molar-refractivity contribution in [1.82, 2.24) is 9.88 Å². The molecule has 0 unspecified atom stereocenters. The number of furan rings is 1. The topological polar surface area (TPSA) is 63.4 Å². The Hall–Kier alpha value is -1.64. The van der Waals surface area contributed by atoms with Crippen LogP contribution in [-0.2, 0) is 16.6 Å². The van der Waals surface area contributed by atoms with Crippen molar-refractivity contribution in [3.05, 3.63) is 46.7 Å². The zero-order valence-electron chi connectivity index (χ0n) is 15.8. The maximum absolute atomic E-state index is 13.3. The molecule has 1 aromatic carbocycles. The van der Waals surface area contributed by atoms with E-state index in [2.05, 4.69) is 4.98 Å². The number of fused-ring (bicyclic) bond motifs is 1. The van der Waals surface area contributed by atoms with Crippen LogP contribution in [0.5, 0.6) is 0 Å². The number of carbonyl (C=O) groups is 1. The van der Waals surface area contributed by atoms with E-state index >= 15 is 0 Å². The molecule has 28 heavy (non-hydrogen) atoms. The van der Waals surface area contributed by atoms with Crippen molar-refractivity contribution in [1.29, 1.82) is 0 Å². The number of amides is 1. The van der Waals surface area contributed by atoms with Gasteiger partial charge in [0.15, 0.2) is 5.76 Å². The van der Waals surface area contributed by atoms with Crippen LogP contribution < -0.4 is 0 Å². The number of hydrogen-bond acceptors (Lipinski definition) is 6. The summed E-state index contributed by atoms with van der Waals surface area (Å²) in [5.74, 6) is 2.32. The van der Waals surface area contributed by atoms with Gasteiger partial charge in [0.1, 0.15) is 9.92 Å². The summed E-state index contributed by atoms with van der Waals surface area (Å²) in [5.41, 5.74) is 2.65. The zero-order valence-corrected chi connectivity index (χ0v) is 18.3. The van der Waals surface area contributed by atoms with E-state index < -0.39 is 10.8 Å². The van der Waals surface area contributed by atoms with E-state index in [1.807, 2.05) is 43.5 Å². The average Bonchev–Trinajstić information content (AvgIpc) is 3.20. The number of aryl methyl sites for hydroxylation is 1. The fourth-order valence-electron chi connectivity index (χ4n) is 3.41. The molecule has 1 aliphatic heterocycles. The summed E-state index contributed by atoms with van der Waals surface area (Å²) in [5, 5.41) is 3.00. The fraction of sp³-hybridized carbons (Fsp3) is 0.400.